The number of likely N-dealkylation sites (N-methyl/N-ethyl adjacent to an activating group) is 1. The van der Waals surface area contributed by atoms with Crippen molar-refractivity contribution >= 4 is 5.91 Å². The Labute approximate surface area is 99.7 Å². The second-order valence-corrected chi connectivity index (χ2v) is 3.36. The SMILES string of the molecule is CCN(CC)C(=O)Cn1cnc(C#N)c1C#N. The maximum Gasteiger partial charge on any atom is 0.242 e. The van der Waals surface area contributed by atoms with E-state index in [9.17, 15) is 4.79 Å². The standard InChI is InChI=1S/C11H13N5O/c1-3-15(4-2)11(17)7-16-8-14-9(5-12)10(16)6-13/h8H,3-4,7H2,1-2H3. The summed E-state index contributed by atoms with van der Waals surface area (Å²) in [5, 5.41) is 17.6. The van der Waals surface area contributed by atoms with Crippen molar-refractivity contribution in [2.45, 2.75) is 20.4 Å². The Morgan fingerprint density at radius 2 is 2.06 bits per heavy atom. The van der Waals surface area contributed by atoms with Gasteiger partial charge in [-0.2, -0.15) is 10.5 Å². The second-order valence-electron chi connectivity index (χ2n) is 3.36. The summed E-state index contributed by atoms with van der Waals surface area (Å²) < 4.78 is 1.40. The van der Waals surface area contributed by atoms with Crippen molar-refractivity contribution in [2.24, 2.45) is 0 Å². The third kappa shape index (κ3) is 2.61. The zero-order chi connectivity index (χ0) is 12.8. The molecule has 0 aliphatic carbocycles. The summed E-state index contributed by atoms with van der Waals surface area (Å²) in [4.78, 5) is 17.3. The lowest BCUT2D eigenvalue weighted by Crippen LogP contribution is -2.33. The maximum atomic E-state index is 11.8. The van der Waals surface area contributed by atoms with Crippen LogP contribution in [0.25, 0.3) is 0 Å². The van der Waals surface area contributed by atoms with Crippen molar-refractivity contribution in [2.75, 3.05) is 13.1 Å². The number of amides is 1. The molecule has 0 N–H and O–H groups in total. The number of nitrogens with zero attached hydrogens (tertiary/aromatic N) is 5. The van der Waals surface area contributed by atoms with Crippen LogP contribution in [0, 0.1) is 22.7 Å². The van der Waals surface area contributed by atoms with Gasteiger partial charge in [-0.15, -0.1) is 0 Å². The molecule has 1 aromatic rings. The van der Waals surface area contributed by atoms with Gasteiger partial charge in [-0.3, -0.25) is 4.79 Å². The number of aromatic nitrogens is 2. The van der Waals surface area contributed by atoms with Crippen molar-refractivity contribution in [1.29, 1.82) is 10.5 Å². The van der Waals surface area contributed by atoms with Gasteiger partial charge in [0.05, 0.1) is 6.33 Å². The number of hydrogen-bond donors (Lipinski definition) is 0. The first kappa shape index (κ1) is 12.7. The first-order chi connectivity index (χ1) is 8.17. The molecular weight excluding hydrogens is 218 g/mol. The van der Waals surface area contributed by atoms with Gasteiger partial charge in [0.1, 0.15) is 18.7 Å². The van der Waals surface area contributed by atoms with Crippen LogP contribution in [0.15, 0.2) is 6.33 Å². The molecule has 0 radical (unpaired) electrons. The molecule has 17 heavy (non-hydrogen) atoms. The third-order valence-corrected chi connectivity index (χ3v) is 2.47. The van der Waals surface area contributed by atoms with Crippen LogP contribution in [-0.4, -0.2) is 33.4 Å². The molecule has 0 spiro atoms. The van der Waals surface area contributed by atoms with E-state index in [2.05, 4.69) is 4.98 Å². The summed E-state index contributed by atoms with van der Waals surface area (Å²) in [5.74, 6) is -0.0895. The molecular formula is C11H13N5O. The Morgan fingerprint density at radius 1 is 1.41 bits per heavy atom. The zero-order valence-corrected chi connectivity index (χ0v) is 9.84. The highest BCUT2D eigenvalue weighted by Crippen LogP contribution is 2.05. The smallest absolute Gasteiger partial charge is 0.242 e. The van der Waals surface area contributed by atoms with Crippen molar-refractivity contribution in [1.82, 2.24) is 14.5 Å². The highest BCUT2D eigenvalue weighted by Gasteiger charge is 2.15. The van der Waals surface area contributed by atoms with Gasteiger partial charge in [0.15, 0.2) is 11.4 Å². The highest BCUT2D eigenvalue weighted by atomic mass is 16.2. The van der Waals surface area contributed by atoms with Crippen LogP contribution in [0.5, 0.6) is 0 Å². The van der Waals surface area contributed by atoms with Gasteiger partial charge in [0.25, 0.3) is 0 Å². The van der Waals surface area contributed by atoms with Gasteiger partial charge in [-0.05, 0) is 13.8 Å². The molecule has 1 heterocycles. The highest BCUT2D eigenvalue weighted by molar-refractivity contribution is 5.76. The molecule has 0 bridgehead atoms. The predicted molar refractivity (Wildman–Crippen MR) is 59.6 cm³/mol. The molecule has 0 atom stereocenters. The van der Waals surface area contributed by atoms with Gasteiger partial charge in [-0.1, -0.05) is 0 Å². The van der Waals surface area contributed by atoms with Crippen molar-refractivity contribution in [3.05, 3.63) is 17.7 Å². The molecule has 0 unspecified atom stereocenters. The fourth-order valence-electron chi connectivity index (χ4n) is 1.52. The van der Waals surface area contributed by atoms with Crippen molar-refractivity contribution < 1.29 is 4.79 Å². The van der Waals surface area contributed by atoms with Gasteiger partial charge in [0, 0.05) is 13.1 Å². The maximum absolute atomic E-state index is 11.8. The van der Waals surface area contributed by atoms with Crippen molar-refractivity contribution in [3.63, 3.8) is 0 Å². The Bertz CT molecular complexity index is 487. The molecule has 0 saturated heterocycles. The summed E-state index contributed by atoms with van der Waals surface area (Å²) in [5.41, 5.74) is 0.188. The minimum Gasteiger partial charge on any atom is -0.342 e. The molecule has 6 nitrogen and oxygen atoms in total. The van der Waals surface area contributed by atoms with E-state index in [-0.39, 0.29) is 23.8 Å². The predicted octanol–water partition coefficient (Wildman–Crippen LogP) is 0.495. The first-order valence-electron chi connectivity index (χ1n) is 5.31. The summed E-state index contributed by atoms with van der Waals surface area (Å²) in [6.07, 6.45) is 1.35. The Hall–Kier alpha value is -2.34. The van der Waals surface area contributed by atoms with Crippen LogP contribution in [0.1, 0.15) is 25.2 Å². The van der Waals surface area contributed by atoms with Crippen molar-refractivity contribution in [3.8, 4) is 12.1 Å². The van der Waals surface area contributed by atoms with Crippen LogP contribution in [-0.2, 0) is 11.3 Å². The molecule has 1 rings (SSSR count). The summed E-state index contributed by atoms with van der Waals surface area (Å²) in [6.45, 7) is 5.07. The van der Waals surface area contributed by atoms with Crippen LogP contribution in [0.2, 0.25) is 0 Å². The largest absolute Gasteiger partial charge is 0.342 e. The molecule has 0 aromatic carbocycles. The van der Waals surface area contributed by atoms with E-state index in [1.54, 1.807) is 4.90 Å². The summed E-state index contributed by atoms with van der Waals surface area (Å²) in [7, 11) is 0. The van der Waals surface area contributed by atoms with Gasteiger partial charge in [-0.25, -0.2) is 4.98 Å². The molecule has 0 fully saturated rings. The van der Waals surface area contributed by atoms with Gasteiger partial charge in [0.2, 0.25) is 5.91 Å². The third-order valence-electron chi connectivity index (χ3n) is 2.47. The summed E-state index contributed by atoms with van der Waals surface area (Å²) in [6, 6.07) is 3.70. The lowest BCUT2D eigenvalue weighted by Gasteiger charge is -2.18. The Kier molecular flexibility index (Phi) is 4.24. The fourth-order valence-corrected chi connectivity index (χ4v) is 1.52. The molecule has 1 amide bonds. The lowest BCUT2D eigenvalue weighted by atomic mass is 10.3. The molecule has 0 aliphatic rings. The number of rotatable bonds is 4. The lowest BCUT2D eigenvalue weighted by molar-refractivity contribution is -0.131. The number of carbonyl (C=O) groups excluding carboxylic acids is 1. The quantitative estimate of drug-likeness (QED) is 0.754. The van der Waals surface area contributed by atoms with Crippen LogP contribution < -0.4 is 0 Å². The number of imidazole rings is 1. The van der Waals surface area contributed by atoms with E-state index in [0.717, 1.165) is 0 Å². The van der Waals surface area contributed by atoms with E-state index in [1.165, 1.54) is 10.9 Å². The average molecular weight is 231 g/mol. The Balaban J connectivity index is 2.90. The van der Waals surface area contributed by atoms with Crippen LogP contribution in [0.4, 0.5) is 0 Å². The van der Waals surface area contributed by atoms with E-state index < -0.39 is 0 Å². The van der Waals surface area contributed by atoms with E-state index >= 15 is 0 Å². The Morgan fingerprint density at radius 3 is 2.53 bits per heavy atom. The molecule has 88 valence electrons. The minimum atomic E-state index is -0.0895. The minimum absolute atomic E-state index is 0.0409. The molecule has 0 saturated carbocycles. The van der Waals surface area contributed by atoms with E-state index in [0.29, 0.717) is 13.1 Å². The molecule has 1 aromatic heterocycles. The normalized spacial score (nSPS) is 9.41. The molecule has 6 heteroatoms. The number of carbonyl (C=O) groups is 1. The van der Waals surface area contributed by atoms with Crippen LogP contribution >= 0.6 is 0 Å². The summed E-state index contributed by atoms with van der Waals surface area (Å²) >= 11 is 0. The first-order valence-corrected chi connectivity index (χ1v) is 5.31. The van der Waals surface area contributed by atoms with Crippen LogP contribution in [0.3, 0.4) is 0 Å². The van der Waals surface area contributed by atoms with E-state index in [4.69, 9.17) is 10.5 Å². The van der Waals surface area contributed by atoms with Gasteiger partial charge < -0.3 is 9.47 Å². The van der Waals surface area contributed by atoms with E-state index in [1.807, 2.05) is 26.0 Å². The average Bonchev–Trinajstić information content (AvgIpc) is 2.72. The fraction of sp³-hybridized carbons (Fsp3) is 0.455. The monoisotopic (exact) mass is 231 g/mol. The number of hydrogen-bond acceptors (Lipinski definition) is 4. The van der Waals surface area contributed by atoms with Gasteiger partial charge >= 0.3 is 0 Å². The second kappa shape index (κ2) is 5.66. The topological polar surface area (TPSA) is 85.7 Å². The number of nitriles is 2. The molecule has 0 aliphatic heterocycles. The zero-order valence-electron chi connectivity index (χ0n) is 9.84.